The molecule has 2 unspecified atom stereocenters. The quantitative estimate of drug-likeness (QED) is 0.825. The molecule has 3 rings (SSSR count). The summed E-state index contributed by atoms with van der Waals surface area (Å²) in [6.45, 7) is 4.21. The smallest absolute Gasteiger partial charge is 0.0591 e. The molecule has 1 saturated heterocycles. The van der Waals surface area contributed by atoms with E-state index in [1.54, 1.807) is 0 Å². The summed E-state index contributed by atoms with van der Waals surface area (Å²) in [6.07, 6.45) is 3.72. The maximum Gasteiger partial charge on any atom is 0.0591 e. The number of ether oxygens (including phenoxy) is 1. The minimum atomic E-state index is 0.629. The molecule has 2 heterocycles. The van der Waals surface area contributed by atoms with Crippen molar-refractivity contribution in [3.8, 4) is 0 Å². The normalized spacial score (nSPS) is 26.4. The summed E-state index contributed by atoms with van der Waals surface area (Å²) in [5, 5.41) is 4.04. The number of hydrogen-bond donors (Lipinski definition) is 1. The fourth-order valence-corrected chi connectivity index (χ4v) is 4.02. The summed E-state index contributed by atoms with van der Waals surface area (Å²) in [7, 11) is 0. The summed E-state index contributed by atoms with van der Waals surface area (Å²) in [4.78, 5) is 1.45. The lowest BCUT2D eigenvalue weighted by molar-refractivity contribution is 0.123. The second-order valence-corrected chi connectivity index (χ2v) is 6.62. The van der Waals surface area contributed by atoms with Gasteiger partial charge in [-0.2, -0.15) is 0 Å². The molecule has 2 aliphatic heterocycles. The van der Waals surface area contributed by atoms with Gasteiger partial charge in [-0.3, -0.25) is 0 Å². The molecule has 2 nitrogen and oxygen atoms in total. The van der Waals surface area contributed by atoms with Gasteiger partial charge in [0, 0.05) is 16.8 Å². The Morgan fingerprint density at radius 3 is 3.11 bits per heavy atom. The van der Waals surface area contributed by atoms with Crippen LogP contribution in [0, 0.1) is 5.92 Å². The molecule has 98 valence electrons. The third-order valence-electron chi connectivity index (χ3n) is 3.85. The fraction of sp³-hybridized carbons (Fsp3) is 0.600. The minimum absolute atomic E-state index is 0.629. The van der Waals surface area contributed by atoms with Gasteiger partial charge in [-0.05, 0) is 49.9 Å². The molecule has 0 radical (unpaired) electrons. The largest absolute Gasteiger partial charge is 0.380 e. The first-order chi connectivity index (χ1) is 8.92. The van der Waals surface area contributed by atoms with E-state index in [0.29, 0.717) is 5.25 Å². The summed E-state index contributed by atoms with van der Waals surface area (Å²) in [5.41, 5.74) is 1.50. The lowest BCUT2D eigenvalue weighted by Gasteiger charge is -2.11. The second kappa shape index (κ2) is 6.09. The van der Waals surface area contributed by atoms with Crippen molar-refractivity contribution < 1.29 is 4.74 Å². The Morgan fingerprint density at radius 1 is 1.33 bits per heavy atom. The Bertz CT molecular complexity index is 365. The van der Waals surface area contributed by atoms with Crippen molar-refractivity contribution in [2.45, 2.75) is 29.4 Å². The van der Waals surface area contributed by atoms with E-state index in [2.05, 4.69) is 29.6 Å². The van der Waals surface area contributed by atoms with Gasteiger partial charge in [0.2, 0.25) is 0 Å². The molecule has 0 amide bonds. The van der Waals surface area contributed by atoms with Crippen molar-refractivity contribution in [1.82, 2.24) is 5.32 Å². The zero-order chi connectivity index (χ0) is 12.2. The van der Waals surface area contributed by atoms with E-state index in [-0.39, 0.29) is 0 Å². The van der Waals surface area contributed by atoms with Crippen LogP contribution in [0.2, 0.25) is 0 Å². The molecule has 0 saturated carbocycles. The summed E-state index contributed by atoms with van der Waals surface area (Å²) < 4.78 is 5.86. The van der Waals surface area contributed by atoms with Crippen molar-refractivity contribution in [2.75, 3.05) is 26.3 Å². The van der Waals surface area contributed by atoms with Crippen LogP contribution in [0.3, 0.4) is 0 Å². The highest BCUT2D eigenvalue weighted by atomic mass is 32.2. The van der Waals surface area contributed by atoms with Gasteiger partial charge in [0.15, 0.2) is 0 Å². The molecule has 18 heavy (non-hydrogen) atoms. The maximum absolute atomic E-state index is 5.86. The van der Waals surface area contributed by atoms with E-state index < -0.39 is 0 Å². The second-order valence-electron chi connectivity index (χ2n) is 5.27. The summed E-state index contributed by atoms with van der Waals surface area (Å²) in [6, 6.07) is 8.73. The molecular weight excluding hydrogens is 242 g/mol. The molecule has 2 aliphatic rings. The molecule has 1 aromatic rings. The zero-order valence-electron chi connectivity index (χ0n) is 10.7. The molecule has 0 aliphatic carbocycles. The van der Waals surface area contributed by atoms with E-state index in [1.807, 2.05) is 11.8 Å². The molecule has 3 heteroatoms. The standard InChI is InChI=1S/C15H21NOS/c1-2-4-15-13(3-1)9-14(18-15)11-17-8-6-12-5-7-16-10-12/h1-4,12,14,16H,5-11H2. The monoisotopic (exact) mass is 263 g/mol. The predicted molar refractivity (Wildman–Crippen MR) is 76.2 cm³/mol. The highest BCUT2D eigenvalue weighted by molar-refractivity contribution is 8.00. The lowest BCUT2D eigenvalue weighted by Crippen LogP contribution is -2.14. The molecule has 1 aromatic carbocycles. The van der Waals surface area contributed by atoms with Crippen LogP contribution in [0.5, 0.6) is 0 Å². The molecule has 1 N–H and O–H groups in total. The van der Waals surface area contributed by atoms with E-state index in [4.69, 9.17) is 4.74 Å². The summed E-state index contributed by atoms with van der Waals surface area (Å²) in [5.74, 6) is 0.846. The molecule has 0 bridgehead atoms. The van der Waals surface area contributed by atoms with Crippen LogP contribution in [0.15, 0.2) is 29.2 Å². The number of nitrogens with one attached hydrogen (secondary N) is 1. The van der Waals surface area contributed by atoms with Crippen LogP contribution < -0.4 is 5.32 Å². The van der Waals surface area contributed by atoms with Crippen molar-refractivity contribution in [1.29, 1.82) is 0 Å². The zero-order valence-corrected chi connectivity index (χ0v) is 11.5. The van der Waals surface area contributed by atoms with Gasteiger partial charge >= 0.3 is 0 Å². The van der Waals surface area contributed by atoms with Crippen LogP contribution in [0.1, 0.15) is 18.4 Å². The van der Waals surface area contributed by atoms with Gasteiger partial charge < -0.3 is 10.1 Å². The number of rotatable bonds is 5. The van der Waals surface area contributed by atoms with Gasteiger partial charge in [-0.15, -0.1) is 11.8 Å². The molecule has 0 aromatic heterocycles. The van der Waals surface area contributed by atoms with E-state index >= 15 is 0 Å². The number of thioether (sulfide) groups is 1. The van der Waals surface area contributed by atoms with Gasteiger partial charge in [0.25, 0.3) is 0 Å². The first kappa shape index (κ1) is 12.5. The highest BCUT2D eigenvalue weighted by Crippen LogP contribution is 2.36. The van der Waals surface area contributed by atoms with Crippen molar-refractivity contribution >= 4 is 11.8 Å². The SMILES string of the molecule is c1ccc2c(c1)CC(COCCC1CCNC1)S2. The number of hydrogen-bond acceptors (Lipinski definition) is 3. The molecular formula is C15H21NOS. The Kier molecular flexibility index (Phi) is 4.24. The Labute approximate surface area is 113 Å². The number of fused-ring (bicyclic) bond motifs is 1. The van der Waals surface area contributed by atoms with Crippen LogP contribution in [0.4, 0.5) is 0 Å². The van der Waals surface area contributed by atoms with Crippen molar-refractivity contribution in [3.63, 3.8) is 0 Å². The lowest BCUT2D eigenvalue weighted by atomic mass is 10.1. The van der Waals surface area contributed by atoms with Gasteiger partial charge in [0.05, 0.1) is 6.61 Å². The predicted octanol–water partition coefficient (Wildman–Crippen LogP) is 2.72. The van der Waals surface area contributed by atoms with Gasteiger partial charge in [0.1, 0.15) is 0 Å². The highest BCUT2D eigenvalue weighted by Gasteiger charge is 2.22. The van der Waals surface area contributed by atoms with Gasteiger partial charge in [-0.25, -0.2) is 0 Å². The first-order valence-electron chi connectivity index (χ1n) is 6.95. The Balaban J connectivity index is 1.35. The topological polar surface area (TPSA) is 21.3 Å². The summed E-state index contributed by atoms with van der Waals surface area (Å²) >= 11 is 1.98. The first-order valence-corrected chi connectivity index (χ1v) is 7.83. The molecule has 0 spiro atoms. The Morgan fingerprint density at radius 2 is 2.28 bits per heavy atom. The van der Waals surface area contributed by atoms with Crippen LogP contribution >= 0.6 is 11.8 Å². The van der Waals surface area contributed by atoms with Crippen LogP contribution in [-0.2, 0) is 11.2 Å². The third kappa shape index (κ3) is 3.08. The number of benzene rings is 1. The van der Waals surface area contributed by atoms with Gasteiger partial charge in [-0.1, -0.05) is 18.2 Å². The van der Waals surface area contributed by atoms with Crippen LogP contribution in [-0.4, -0.2) is 31.6 Å². The fourth-order valence-electron chi connectivity index (χ4n) is 2.77. The third-order valence-corrected chi connectivity index (χ3v) is 5.14. The average molecular weight is 263 g/mol. The van der Waals surface area contributed by atoms with E-state index in [1.165, 1.54) is 42.8 Å². The maximum atomic E-state index is 5.86. The molecule has 2 atom stereocenters. The van der Waals surface area contributed by atoms with E-state index in [9.17, 15) is 0 Å². The average Bonchev–Trinajstić information content (AvgIpc) is 3.03. The Hall–Kier alpha value is -0.510. The van der Waals surface area contributed by atoms with E-state index in [0.717, 1.165) is 19.1 Å². The van der Waals surface area contributed by atoms with Crippen molar-refractivity contribution in [2.24, 2.45) is 5.92 Å². The van der Waals surface area contributed by atoms with Crippen LogP contribution in [0.25, 0.3) is 0 Å². The van der Waals surface area contributed by atoms with Crippen molar-refractivity contribution in [3.05, 3.63) is 29.8 Å². The molecule has 1 fully saturated rings. The minimum Gasteiger partial charge on any atom is -0.380 e.